The fraction of sp³-hybridized carbons (Fsp3) is 0.235. The number of halogens is 1. The number of anilines is 1. The van der Waals surface area contributed by atoms with Gasteiger partial charge in [-0.2, -0.15) is 0 Å². The second kappa shape index (κ2) is 8.84. The van der Waals surface area contributed by atoms with Gasteiger partial charge in [0.2, 0.25) is 0 Å². The Labute approximate surface area is 152 Å². The molecule has 0 unspecified atom stereocenters. The van der Waals surface area contributed by atoms with Crippen LogP contribution in [-0.4, -0.2) is 34.6 Å². The minimum atomic E-state index is -3.75. The van der Waals surface area contributed by atoms with Crippen molar-refractivity contribution in [2.75, 3.05) is 25.0 Å². The number of nitrogens with one attached hydrogen (secondary N) is 2. The Bertz CT molecular complexity index is 823. The number of benzene rings is 2. The van der Waals surface area contributed by atoms with Crippen molar-refractivity contribution < 1.29 is 17.9 Å². The highest BCUT2D eigenvalue weighted by Gasteiger charge is 2.15. The summed E-state index contributed by atoms with van der Waals surface area (Å²) in [7, 11) is -2.16. The number of ether oxygens (including phenoxy) is 1. The lowest BCUT2D eigenvalue weighted by molar-refractivity contribution is 0.0948. The van der Waals surface area contributed by atoms with Gasteiger partial charge in [-0.3, -0.25) is 9.52 Å². The van der Waals surface area contributed by atoms with E-state index in [0.717, 1.165) is 0 Å². The molecule has 0 atom stereocenters. The smallest absolute Gasteiger partial charge is 0.261 e. The Morgan fingerprint density at radius 1 is 1.16 bits per heavy atom. The van der Waals surface area contributed by atoms with Crippen molar-refractivity contribution >= 4 is 33.2 Å². The first kappa shape index (κ1) is 19.2. The van der Waals surface area contributed by atoms with Crippen LogP contribution in [0.25, 0.3) is 0 Å². The zero-order chi connectivity index (χ0) is 18.3. The molecule has 0 aliphatic carbocycles. The van der Waals surface area contributed by atoms with Gasteiger partial charge in [0.1, 0.15) is 0 Å². The molecule has 2 N–H and O–H groups in total. The van der Waals surface area contributed by atoms with Crippen LogP contribution in [-0.2, 0) is 14.8 Å². The monoisotopic (exact) mass is 382 g/mol. The van der Waals surface area contributed by atoms with Crippen molar-refractivity contribution in [1.29, 1.82) is 0 Å². The molecule has 0 heterocycles. The Balaban J connectivity index is 2.08. The highest BCUT2D eigenvalue weighted by molar-refractivity contribution is 7.92. The van der Waals surface area contributed by atoms with Gasteiger partial charge in [-0.15, -0.1) is 0 Å². The van der Waals surface area contributed by atoms with Crippen LogP contribution >= 0.6 is 11.6 Å². The lowest BCUT2D eigenvalue weighted by atomic mass is 10.2. The molecule has 0 aliphatic heterocycles. The number of rotatable bonds is 8. The maximum absolute atomic E-state index is 12.4. The number of amides is 1. The van der Waals surface area contributed by atoms with E-state index in [4.69, 9.17) is 16.3 Å². The van der Waals surface area contributed by atoms with E-state index >= 15 is 0 Å². The zero-order valence-corrected chi connectivity index (χ0v) is 15.2. The van der Waals surface area contributed by atoms with E-state index in [1.807, 2.05) is 0 Å². The zero-order valence-electron chi connectivity index (χ0n) is 13.7. The quantitative estimate of drug-likeness (QED) is 0.687. The number of hydrogen-bond donors (Lipinski definition) is 2. The average Bonchev–Trinajstić information content (AvgIpc) is 2.59. The predicted octanol–water partition coefficient (Wildman–Crippen LogP) is 2.91. The third-order valence-electron chi connectivity index (χ3n) is 3.31. The highest BCUT2D eigenvalue weighted by Crippen LogP contribution is 2.19. The number of sulfonamides is 1. The van der Waals surface area contributed by atoms with E-state index in [1.165, 1.54) is 30.3 Å². The molecule has 0 aromatic heterocycles. The number of carbonyl (C=O) groups excluding carboxylic acids is 1. The summed E-state index contributed by atoms with van der Waals surface area (Å²) in [5.41, 5.74) is 0.674. The standard InChI is InChI=1S/C17H19ClN2O4S/c1-24-11-3-10-19-17(21)13-4-2-5-15(12-13)20-25(22,23)16-8-6-14(18)7-9-16/h2,4-9,12,20H,3,10-11H2,1H3,(H,19,21). The van der Waals surface area contributed by atoms with Crippen molar-refractivity contribution in [3.05, 3.63) is 59.1 Å². The van der Waals surface area contributed by atoms with Gasteiger partial charge in [-0.1, -0.05) is 17.7 Å². The molecular formula is C17H19ClN2O4S. The topological polar surface area (TPSA) is 84.5 Å². The van der Waals surface area contributed by atoms with E-state index in [-0.39, 0.29) is 10.8 Å². The third-order valence-corrected chi connectivity index (χ3v) is 4.96. The van der Waals surface area contributed by atoms with Crippen molar-refractivity contribution in [2.24, 2.45) is 0 Å². The molecule has 0 fully saturated rings. The molecule has 2 aromatic carbocycles. The lowest BCUT2D eigenvalue weighted by Crippen LogP contribution is -2.25. The lowest BCUT2D eigenvalue weighted by Gasteiger charge is -2.10. The Morgan fingerprint density at radius 2 is 1.88 bits per heavy atom. The summed E-state index contributed by atoms with van der Waals surface area (Å²) in [4.78, 5) is 12.2. The molecule has 0 bridgehead atoms. The fourth-order valence-corrected chi connectivity index (χ4v) is 3.25. The van der Waals surface area contributed by atoms with Gasteiger partial charge in [0.25, 0.3) is 15.9 Å². The van der Waals surface area contributed by atoms with Gasteiger partial charge < -0.3 is 10.1 Å². The van der Waals surface area contributed by atoms with Gasteiger partial charge in [0, 0.05) is 36.5 Å². The summed E-state index contributed by atoms with van der Waals surface area (Å²) >= 11 is 5.77. The molecule has 1 amide bonds. The summed E-state index contributed by atoms with van der Waals surface area (Å²) < 4.78 is 32.1. The first-order valence-electron chi connectivity index (χ1n) is 7.58. The second-order valence-corrected chi connectivity index (χ2v) is 7.36. The van der Waals surface area contributed by atoms with Crippen molar-refractivity contribution in [3.63, 3.8) is 0 Å². The van der Waals surface area contributed by atoms with E-state index in [2.05, 4.69) is 10.0 Å². The van der Waals surface area contributed by atoms with Crippen LogP contribution in [0.15, 0.2) is 53.4 Å². The van der Waals surface area contributed by atoms with E-state index < -0.39 is 10.0 Å². The second-order valence-electron chi connectivity index (χ2n) is 5.24. The predicted molar refractivity (Wildman–Crippen MR) is 97.5 cm³/mol. The minimum Gasteiger partial charge on any atom is -0.385 e. The number of carbonyl (C=O) groups is 1. The largest absolute Gasteiger partial charge is 0.385 e. The van der Waals surface area contributed by atoms with Crippen LogP contribution in [0.3, 0.4) is 0 Å². The number of hydrogen-bond acceptors (Lipinski definition) is 4. The summed E-state index contributed by atoms with van der Waals surface area (Å²) in [6.07, 6.45) is 0.700. The minimum absolute atomic E-state index is 0.0892. The Kier molecular flexibility index (Phi) is 6.81. The van der Waals surface area contributed by atoms with Crippen molar-refractivity contribution in [1.82, 2.24) is 5.32 Å². The van der Waals surface area contributed by atoms with Crippen LogP contribution in [0.4, 0.5) is 5.69 Å². The van der Waals surface area contributed by atoms with Crippen LogP contribution in [0.2, 0.25) is 5.02 Å². The third kappa shape index (κ3) is 5.74. The van der Waals surface area contributed by atoms with Crippen molar-refractivity contribution in [2.45, 2.75) is 11.3 Å². The summed E-state index contributed by atoms with van der Waals surface area (Å²) in [5, 5.41) is 3.20. The van der Waals surface area contributed by atoms with Crippen LogP contribution in [0.1, 0.15) is 16.8 Å². The molecule has 0 saturated carbocycles. The molecule has 0 aliphatic rings. The summed E-state index contributed by atoms with van der Waals surface area (Å²) in [6, 6.07) is 12.1. The summed E-state index contributed by atoms with van der Waals surface area (Å²) in [5.74, 6) is -0.274. The maximum atomic E-state index is 12.4. The first-order valence-corrected chi connectivity index (χ1v) is 9.44. The maximum Gasteiger partial charge on any atom is 0.261 e. The molecule has 6 nitrogen and oxygen atoms in total. The van der Waals surface area contributed by atoms with Crippen LogP contribution < -0.4 is 10.0 Å². The molecule has 0 saturated heterocycles. The SMILES string of the molecule is COCCCNC(=O)c1cccc(NS(=O)(=O)c2ccc(Cl)cc2)c1. The molecule has 2 rings (SSSR count). The van der Waals surface area contributed by atoms with Gasteiger partial charge >= 0.3 is 0 Å². The molecule has 134 valence electrons. The highest BCUT2D eigenvalue weighted by atomic mass is 35.5. The van der Waals surface area contributed by atoms with Crippen LogP contribution in [0.5, 0.6) is 0 Å². The van der Waals surface area contributed by atoms with Gasteiger partial charge in [0.05, 0.1) is 4.90 Å². The van der Waals surface area contributed by atoms with E-state index in [9.17, 15) is 13.2 Å². The Morgan fingerprint density at radius 3 is 2.56 bits per heavy atom. The van der Waals surface area contributed by atoms with Gasteiger partial charge in [-0.05, 0) is 48.9 Å². The molecular weight excluding hydrogens is 364 g/mol. The fourth-order valence-electron chi connectivity index (χ4n) is 2.07. The molecule has 0 radical (unpaired) electrons. The average molecular weight is 383 g/mol. The molecule has 25 heavy (non-hydrogen) atoms. The summed E-state index contributed by atoms with van der Waals surface area (Å²) in [6.45, 7) is 1.04. The van der Waals surface area contributed by atoms with Gasteiger partial charge in [-0.25, -0.2) is 8.42 Å². The normalized spacial score (nSPS) is 11.1. The van der Waals surface area contributed by atoms with E-state index in [0.29, 0.717) is 35.8 Å². The first-order chi connectivity index (χ1) is 11.9. The number of methoxy groups -OCH3 is 1. The molecule has 2 aromatic rings. The van der Waals surface area contributed by atoms with Gasteiger partial charge in [0.15, 0.2) is 0 Å². The van der Waals surface area contributed by atoms with Crippen LogP contribution in [0, 0.1) is 0 Å². The van der Waals surface area contributed by atoms with E-state index in [1.54, 1.807) is 25.3 Å². The molecule has 0 spiro atoms. The van der Waals surface area contributed by atoms with Crippen molar-refractivity contribution in [3.8, 4) is 0 Å². The molecule has 8 heteroatoms. The Hall–Kier alpha value is -2.09.